The number of furan rings is 1. The molecule has 0 spiro atoms. The molecule has 4 nitrogen and oxygen atoms in total. The first-order valence-electron chi connectivity index (χ1n) is 6.88. The van der Waals surface area contributed by atoms with E-state index in [1.54, 1.807) is 0 Å². The van der Waals surface area contributed by atoms with Gasteiger partial charge < -0.3 is 9.73 Å². The number of rotatable bonds is 3. The van der Waals surface area contributed by atoms with Crippen molar-refractivity contribution in [1.29, 1.82) is 0 Å². The van der Waals surface area contributed by atoms with Gasteiger partial charge in [-0.1, -0.05) is 23.7 Å². The summed E-state index contributed by atoms with van der Waals surface area (Å²) in [5.41, 5.74) is 3.56. The van der Waals surface area contributed by atoms with Crippen LogP contribution in [0.4, 0.5) is 5.82 Å². The van der Waals surface area contributed by atoms with Crippen molar-refractivity contribution < 1.29 is 4.42 Å². The first-order chi connectivity index (χ1) is 10.1. The largest absolute Gasteiger partial charge is 0.453 e. The Bertz CT molecular complexity index is 811. The smallest absolute Gasteiger partial charge is 0.156 e. The fourth-order valence-corrected chi connectivity index (χ4v) is 2.54. The van der Waals surface area contributed by atoms with Gasteiger partial charge >= 0.3 is 0 Å². The first-order valence-corrected chi connectivity index (χ1v) is 7.25. The summed E-state index contributed by atoms with van der Waals surface area (Å²) >= 11 is 6.16. The van der Waals surface area contributed by atoms with E-state index in [0.29, 0.717) is 16.4 Å². The average Bonchev–Trinajstić information content (AvgIpc) is 2.89. The number of para-hydroxylation sites is 1. The number of nitrogens with one attached hydrogen (secondary N) is 1. The Kier molecular flexibility index (Phi) is 3.55. The number of hydrogen-bond donors (Lipinski definition) is 1. The van der Waals surface area contributed by atoms with Gasteiger partial charge in [-0.25, -0.2) is 0 Å². The minimum Gasteiger partial charge on any atom is -0.453 e. The molecule has 1 aromatic carbocycles. The zero-order valence-corrected chi connectivity index (χ0v) is 13.0. The Hall–Kier alpha value is -2.07. The Morgan fingerprint density at radius 1 is 1.19 bits per heavy atom. The third-order valence-electron chi connectivity index (χ3n) is 3.60. The molecular formula is C16H16ClN3O. The van der Waals surface area contributed by atoms with E-state index < -0.39 is 0 Å². The summed E-state index contributed by atoms with van der Waals surface area (Å²) in [7, 11) is 0. The lowest BCUT2D eigenvalue weighted by Crippen LogP contribution is -2.05. The van der Waals surface area contributed by atoms with Crippen LogP contribution in [-0.2, 0) is 0 Å². The number of benzene rings is 1. The highest BCUT2D eigenvalue weighted by atomic mass is 35.5. The van der Waals surface area contributed by atoms with Crippen LogP contribution in [0.1, 0.15) is 18.1 Å². The molecule has 0 aliphatic heterocycles. The quantitative estimate of drug-likeness (QED) is 0.768. The SMILES string of the molecule is CCNc1nnc(-c2cc3cccc(Cl)c3o2)c(C)c1C. The van der Waals surface area contributed by atoms with E-state index in [9.17, 15) is 0 Å². The molecule has 1 N–H and O–H groups in total. The minimum atomic E-state index is 0.602. The van der Waals surface area contributed by atoms with Crippen LogP contribution in [0.3, 0.4) is 0 Å². The van der Waals surface area contributed by atoms with E-state index in [2.05, 4.69) is 15.5 Å². The zero-order valence-electron chi connectivity index (χ0n) is 12.2. The first kappa shape index (κ1) is 13.9. The van der Waals surface area contributed by atoms with Crippen LogP contribution in [-0.4, -0.2) is 16.7 Å². The molecule has 0 aliphatic carbocycles. The van der Waals surface area contributed by atoms with Crippen molar-refractivity contribution in [2.24, 2.45) is 0 Å². The molecule has 21 heavy (non-hydrogen) atoms. The van der Waals surface area contributed by atoms with Gasteiger partial charge in [0.1, 0.15) is 5.69 Å². The summed E-state index contributed by atoms with van der Waals surface area (Å²) in [6, 6.07) is 7.64. The number of fused-ring (bicyclic) bond motifs is 1. The van der Waals surface area contributed by atoms with Crippen molar-refractivity contribution in [3.8, 4) is 11.5 Å². The van der Waals surface area contributed by atoms with Crippen molar-refractivity contribution in [3.63, 3.8) is 0 Å². The monoisotopic (exact) mass is 301 g/mol. The molecule has 108 valence electrons. The van der Waals surface area contributed by atoms with Crippen LogP contribution < -0.4 is 5.32 Å². The highest BCUT2D eigenvalue weighted by Crippen LogP contribution is 2.33. The Labute approximate surface area is 128 Å². The van der Waals surface area contributed by atoms with Gasteiger partial charge in [0.05, 0.1) is 5.02 Å². The van der Waals surface area contributed by atoms with Crippen LogP contribution in [0.15, 0.2) is 28.7 Å². The molecule has 2 aromatic heterocycles. The number of aromatic nitrogens is 2. The summed E-state index contributed by atoms with van der Waals surface area (Å²) < 4.78 is 5.87. The predicted molar refractivity (Wildman–Crippen MR) is 85.9 cm³/mol. The van der Waals surface area contributed by atoms with Crippen LogP contribution in [0, 0.1) is 13.8 Å². The normalized spacial score (nSPS) is 11.0. The summed E-state index contributed by atoms with van der Waals surface area (Å²) in [5.74, 6) is 1.50. The molecule has 0 atom stereocenters. The van der Waals surface area contributed by atoms with Gasteiger partial charge in [-0.2, -0.15) is 0 Å². The Morgan fingerprint density at radius 2 is 2.00 bits per heavy atom. The molecular weight excluding hydrogens is 286 g/mol. The van der Waals surface area contributed by atoms with Gasteiger partial charge in [0.2, 0.25) is 0 Å². The predicted octanol–water partition coefficient (Wildman–Crippen LogP) is 4.59. The van der Waals surface area contributed by atoms with Gasteiger partial charge in [-0.15, -0.1) is 10.2 Å². The van der Waals surface area contributed by atoms with Crippen molar-refractivity contribution in [3.05, 3.63) is 40.4 Å². The summed E-state index contributed by atoms with van der Waals surface area (Å²) in [5, 5.41) is 13.3. The lowest BCUT2D eigenvalue weighted by molar-refractivity contribution is 0.626. The van der Waals surface area contributed by atoms with Crippen molar-refractivity contribution in [1.82, 2.24) is 10.2 Å². The third kappa shape index (κ3) is 2.36. The molecule has 5 heteroatoms. The zero-order chi connectivity index (χ0) is 15.0. The lowest BCUT2D eigenvalue weighted by Gasteiger charge is -2.10. The van der Waals surface area contributed by atoms with E-state index >= 15 is 0 Å². The van der Waals surface area contributed by atoms with E-state index in [0.717, 1.165) is 34.6 Å². The van der Waals surface area contributed by atoms with Crippen molar-refractivity contribution in [2.75, 3.05) is 11.9 Å². The van der Waals surface area contributed by atoms with Gasteiger partial charge in [0.15, 0.2) is 17.2 Å². The molecule has 0 radical (unpaired) electrons. The van der Waals surface area contributed by atoms with Gasteiger partial charge in [-0.3, -0.25) is 0 Å². The molecule has 2 heterocycles. The minimum absolute atomic E-state index is 0.602. The number of hydrogen-bond acceptors (Lipinski definition) is 4. The second-order valence-corrected chi connectivity index (χ2v) is 5.35. The van der Waals surface area contributed by atoms with Crippen LogP contribution in [0.5, 0.6) is 0 Å². The standard InChI is InChI=1S/C16H16ClN3O/c1-4-18-16-10(3)9(2)14(19-20-16)13-8-11-6-5-7-12(17)15(11)21-13/h5-8H,4H2,1-3H3,(H,18,20). The fraction of sp³-hybridized carbons (Fsp3) is 0.250. The number of nitrogens with zero attached hydrogens (tertiary/aromatic N) is 2. The van der Waals surface area contributed by atoms with Crippen molar-refractivity contribution in [2.45, 2.75) is 20.8 Å². The molecule has 3 rings (SSSR count). The summed E-state index contributed by atoms with van der Waals surface area (Å²) in [6.45, 7) is 6.90. The third-order valence-corrected chi connectivity index (χ3v) is 3.89. The van der Waals surface area contributed by atoms with E-state index in [1.165, 1.54) is 0 Å². The van der Waals surface area contributed by atoms with Gasteiger partial charge in [-0.05, 0) is 44.0 Å². The Balaban J connectivity index is 2.14. The average molecular weight is 302 g/mol. The summed E-state index contributed by atoms with van der Waals surface area (Å²) in [6.07, 6.45) is 0. The number of halogens is 1. The summed E-state index contributed by atoms with van der Waals surface area (Å²) in [4.78, 5) is 0. The maximum absolute atomic E-state index is 6.16. The maximum Gasteiger partial charge on any atom is 0.156 e. The molecule has 0 unspecified atom stereocenters. The Morgan fingerprint density at radius 3 is 2.71 bits per heavy atom. The lowest BCUT2D eigenvalue weighted by atomic mass is 10.1. The second-order valence-electron chi connectivity index (χ2n) is 4.95. The number of anilines is 1. The van der Waals surface area contributed by atoms with Crippen molar-refractivity contribution >= 4 is 28.4 Å². The molecule has 0 fully saturated rings. The van der Waals surface area contributed by atoms with E-state index in [1.807, 2.05) is 45.0 Å². The second kappa shape index (κ2) is 5.37. The highest BCUT2D eigenvalue weighted by Gasteiger charge is 2.15. The molecule has 0 saturated heterocycles. The topological polar surface area (TPSA) is 51.0 Å². The molecule has 0 amide bonds. The maximum atomic E-state index is 6.16. The van der Waals surface area contributed by atoms with Crippen LogP contribution in [0.2, 0.25) is 5.02 Å². The van der Waals surface area contributed by atoms with Gasteiger partial charge in [0, 0.05) is 11.9 Å². The van der Waals surface area contributed by atoms with E-state index in [4.69, 9.17) is 16.0 Å². The van der Waals surface area contributed by atoms with Gasteiger partial charge in [0.25, 0.3) is 0 Å². The highest BCUT2D eigenvalue weighted by molar-refractivity contribution is 6.34. The van der Waals surface area contributed by atoms with Crippen LogP contribution in [0.25, 0.3) is 22.4 Å². The molecule has 3 aromatic rings. The molecule has 0 saturated carbocycles. The van der Waals surface area contributed by atoms with Crippen LogP contribution >= 0.6 is 11.6 Å². The molecule has 0 aliphatic rings. The molecule has 0 bridgehead atoms. The van der Waals surface area contributed by atoms with E-state index in [-0.39, 0.29) is 0 Å². The fourth-order valence-electron chi connectivity index (χ4n) is 2.32.